The van der Waals surface area contributed by atoms with Gasteiger partial charge in [0.2, 0.25) is 0 Å². The van der Waals surface area contributed by atoms with Crippen LogP contribution in [0.3, 0.4) is 0 Å². The van der Waals surface area contributed by atoms with Crippen LogP contribution >= 0.6 is 0 Å². The van der Waals surface area contributed by atoms with E-state index < -0.39 is 0 Å². The molecule has 2 fully saturated rings. The average molecular weight is 429 g/mol. The minimum atomic E-state index is -0.177. The maximum Gasteiger partial charge on any atom is 0.123 e. The molecule has 4 heteroatoms. The van der Waals surface area contributed by atoms with Crippen molar-refractivity contribution in [2.45, 2.75) is 56.8 Å². The van der Waals surface area contributed by atoms with Gasteiger partial charge < -0.3 is 14.8 Å². The van der Waals surface area contributed by atoms with Crippen LogP contribution in [-0.2, 0) is 4.74 Å². The van der Waals surface area contributed by atoms with Crippen molar-refractivity contribution in [3.63, 3.8) is 0 Å². The second kappa shape index (κ2) is 9.05. The summed E-state index contributed by atoms with van der Waals surface area (Å²) in [6, 6.07) is 21.6. The lowest BCUT2D eigenvalue weighted by Crippen LogP contribution is -2.48. The minimum absolute atomic E-state index is 0.127. The predicted molar refractivity (Wildman–Crippen MR) is 128 cm³/mol. The lowest BCUT2D eigenvalue weighted by atomic mass is 9.76. The number of hydrogen-bond acceptors (Lipinski definition) is 4. The average Bonchev–Trinajstić information content (AvgIpc) is 3.24. The third-order valence-electron chi connectivity index (χ3n) is 6.76. The van der Waals surface area contributed by atoms with Gasteiger partial charge in [-0.25, -0.2) is 0 Å². The van der Waals surface area contributed by atoms with Crippen LogP contribution in [0.1, 0.15) is 56.2 Å². The van der Waals surface area contributed by atoms with Crippen LogP contribution in [0.25, 0.3) is 11.1 Å². The van der Waals surface area contributed by atoms with E-state index in [-0.39, 0.29) is 17.7 Å². The van der Waals surface area contributed by atoms with Crippen molar-refractivity contribution in [2.75, 3.05) is 13.2 Å². The first-order chi connectivity index (χ1) is 15.6. The number of aromatic nitrogens is 1. The van der Waals surface area contributed by atoms with E-state index in [0.29, 0.717) is 5.92 Å². The molecular formula is C28H32N2O2. The van der Waals surface area contributed by atoms with Crippen LogP contribution in [0, 0.1) is 0 Å². The molecule has 2 saturated heterocycles. The van der Waals surface area contributed by atoms with E-state index in [9.17, 15) is 0 Å². The van der Waals surface area contributed by atoms with Crippen LogP contribution in [0.15, 0.2) is 73.1 Å². The van der Waals surface area contributed by atoms with Crippen molar-refractivity contribution in [3.05, 3.63) is 84.2 Å². The Morgan fingerprint density at radius 3 is 2.72 bits per heavy atom. The number of ether oxygens (including phenoxy) is 2. The fraction of sp³-hybridized carbons (Fsp3) is 0.393. The van der Waals surface area contributed by atoms with Crippen molar-refractivity contribution in [1.29, 1.82) is 0 Å². The van der Waals surface area contributed by atoms with E-state index in [0.717, 1.165) is 43.7 Å². The lowest BCUT2D eigenvalue weighted by Gasteiger charge is -2.41. The Hall–Kier alpha value is -2.69. The first-order valence-corrected chi connectivity index (χ1v) is 11.8. The molecule has 0 saturated carbocycles. The zero-order chi connectivity index (χ0) is 22.0. The van der Waals surface area contributed by atoms with Crippen LogP contribution in [0.4, 0.5) is 0 Å². The normalized spacial score (nSPS) is 25.3. The smallest absolute Gasteiger partial charge is 0.123 e. The van der Waals surface area contributed by atoms with Gasteiger partial charge in [-0.1, -0.05) is 42.5 Å². The zero-order valence-electron chi connectivity index (χ0n) is 19.0. The van der Waals surface area contributed by atoms with Gasteiger partial charge in [0, 0.05) is 29.4 Å². The SMILES string of the molecule is CC(C)Oc1ccc(-c2cccnc2)cc1[C@H]1CO[C@]2(CCCNC2c2ccccc2)C1. The van der Waals surface area contributed by atoms with E-state index in [4.69, 9.17) is 9.47 Å². The molecule has 3 atom stereocenters. The van der Waals surface area contributed by atoms with Crippen molar-refractivity contribution in [3.8, 4) is 16.9 Å². The minimum Gasteiger partial charge on any atom is -0.491 e. The molecule has 3 aromatic rings. The van der Waals surface area contributed by atoms with Gasteiger partial charge in [-0.15, -0.1) is 0 Å². The molecular weight excluding hydrogens is 396 g/mol. The zero-order valence-corrected chi connectivity index (χ0v) is 19.0. The predicted octanol–water partition coefficient (Wildman–Crippen LogP) is 5.90. The molecule has 0 radical (unpaired) electrons. The fourth-order valence-corrected chi connectivity index (χ4v) is 5.35. The molecule has 0 bridgehead atoms. The van der Waals surface area contributed by atoms with Gasteiger partial charge in [0.25, 0.3) is 0 Å². The molecule has 0 aliphatic carbocycles. The highest BCUT2D eigenvalue weighted by Gasteiger charge is 2.49. The van der Waals surface area contributed by atoms with Crippen LogP contribution in [-0.4, -0.2) is 29.8 Å². The molecule has 4 nitrogen and oxygen atoms in total. The number of pyridine rings is 1. The molecule has 5 rings (SSSR count). The second-order valence-electron chi connectivity index (χ2n) is 9.34. The monoisotopic (exact) mass is 428 g/mol. The van der Waals surface area contributed by atoms with Gasteiger partial charge in [0.05, 0.1) is 24.4 Å². The Labute approximate surface area is 191 Å². The molecule has 0 amide bonds. The van der Waals surface area contributed by atoms with E-state index in [2.05, 4.69) is 78.7 Å². The molecule has 2 aliphatic rings. The Morgan fingerprint density at radius 2 is 1.94 bits per heavy atom. The summed E-state index contributed by atoms with van der Waals surface area (Å²) in [5, 5.41) is 3.76. The molecule has 3 heterocycles. The number of nitrogens with zero attached hydrogens (tertiary/aromatic N) is 1. The number of benzene rings is 2. The number of piperidine rings is 1. The van der Waals surface area contributed by atoms with Crippen LogP contribution in [0.2, 0.25) is 0 Å². The molecule has 1 aromatic heterocycles. The largest absolute Gasteiger partial charge is 0.491 e. The van der Waals surface area contributed by atoms with Crippen LogP contribution < -0.4 is 10.1 Å². The van der Waals surface area contributed by atoms with Gasteiger partial charge in [-0.3, -0.25) is 4.98 Å². The fourth-order valence-electron chi connectivity index (χ4n) is 5.35. The topological polar surface area (TPSA) is 43.4 Å². The summed E-state index contributed by atoms with van der Waals surface area (Å²) in [6.45, 7) is 5.92. The van der Waals surface area contributed by atoms with Gasteiger partial charge in [0.15, 0.2) is 0 Å². The van der Waals surface area contributed by atoms with Gasteiger partial charge in [0.1, 0.15) is 5.75 Å². The van der Waals surface area contributed by atoms with Crippen molar-refractivity contribution < 1.29 is 9.47 Å². The van der Waals surface area contributed by atoms with Crippen molar-refractivity contribution in [2.24, 2.45) is 0 Å². The molecule has 2 aromatic carbocycles. The summed E-state index contributed by atoms with van der Waals surface area (Å²) in [5.74, 6) is 1.27. The molecule has 1 N–H and O–H groups in total. The summed E-state index contributed by atoms with van der Waals surface area (Å²) in [6.07, 6.45) is 7.08. The summed E-state index contributed by atoms with van der Waals surface area (Å²) >= 11 is 0. The van der Waals surface area contributed by atoms with Crippen molar-refractivity contribution in [1.82, 2.24) is 10.3 Å². The molecule has 1 unspecified atom stereocenters. The lowest BCUT2D eigenvalue weighted by molar-refractivity contribution is -0.0484. The first kappa shape index (κ1) is 21.2. The third-order valence-corrected chi connectivity index (χ3v) is 6.76. The molecule has 1 spiro atoms. The highest BCUT2D eigenvalue weighted by Crippen LogP contribution is 2.50. The van der Waals surface area contributed by atoms with E-state index >= 15 is 0 Å². The first-order valence-electron chi connectivity index (χ1n) is 11.8. The van der Waals surface area contributed by atoms with Crippen LogP contribution in [0.5, 0.6) is 5.75 Å². The Balaban J connectivity index is 1.49. The second-order valence-corrected chi connectivity index (χ2v) is 9.34. The highest BCUT2D eigenvalue weighted by atomic mass is 16.5. The maximum atomic E-state index is 6.69. The Kier molecular flexibility index (Phi) is 5.99. The summed E-state index contributed by atoms with van der Waals surface area (Å²) in [7, 11) is 0. The summed E-state index contributed by atoms with van der Waals surface area (Å²) in [5.41, 5.74) is 4.68. The van der Waals surface area contributed by atoms with E-state index in [1.807, 2.05) is 18.5 Å². The Bertz CT molecular complexity index is 1040. The molecule has 166 valence electrons. The highest BCUT2D eigenvalue weighted by molar-refractivity contribution is 5.65. The summed E-state index contributed by atoms with van der Waals surface area (Å²) in [4.78, 5) is 4.31. The number of nitrogens with one attached hydrogen (secondary N) is 1. The van der Waals surface area contributed by atoms with Gasteiger partial charge >= 0.3 is 0 Å². The van der Waals surface area contributed by atoms with Gasteiger partial charge in [-0.2, -0.15) is 0 Å². The Morgan fingerprint density at radius 1 is 1.06 bits per heavy atom. The van der Waals surface area contributed by atoms with Crippen molar-refractivity contribution >= 4 is 0 Å². The van der Waals surface area contributed by atoms with Gasteiger partial charge in [-0.05, 0) is 69.0 Å². The quantitative estimate of drug-likeness (QED) is 0.549. The maximum absolute atomic E-state index is 6.69. The molecule has 2 aliphatic heterocycles. The molecule has 32 heavy (non-hydrogen) atoms. The van der Waals surface area contributed by atoms with E-state index in [1.54, 1.807) is 0 Å². The standard InChI is InChI=1S/C28H32N2O2/c1-20(2)32-26-12-11-22(23-10-6-14-29-18-23)16-25(26)24-17-28(31-19-24)13-7-15-30-27(28)21-8-4-3-5-9-21/h3-6,8-12,14,16,18,20,24,27,30H,7,13,15,17,19H2,1-2H3/t24-,27?,28-/m1/s1. The van der Waals surface area contributed by atoms with E-state index in [1.165, 1.54) is 16.7 Å². The third kappa shape index (κ3) is 4.17. The summed E-state index contributed by atoms with van der Waals surface area (Å²) < 4.78 is 12.9. The number of rotatable bonds is 5. The number of hydrogen-bond donors (Lipinski definition) is 1.